The van der Waals surface area contributed by atoms with E-state index in [1.165, 1.54) is 5.06 Å². The van der Waals surface area contributed by atoms with Gasteiger partial charge in [0.1, 0.15) is 5.75 Å². The Morgan fingerprint density at radius 3 is 2.48 bits per heavy atom. The summed E-state index contributed by atoms with van der Waals surface area (Å²) >= 11 is 0. The van der Waals surface area contributed by atoms with Crippen LogP contribution in [0.3, 0.4) is 0 Å². The van der Waals surface area contributed by atoms with Crippen molar-refractivity contribution in [2.45, 2.75) is 19.3 Å². The van der Waals surface area contributed by atoms with Gasteiger partial charge in [0.15, 0.2) is 0 Å². The van der Waals surface area contributed by atoms with Crippen LogP contribution in [0.25, 0.3) is 0 Å². The van der Waals surface area contributed by atoms with Gasteiger partial charge < -0.3 is 9.47 Å². The normalized spacial score (nSPS) is 21.0. The Bertz CT molecular complexity index is 656. The summed E-state index contributed by atoms with van der Waals surface area (Å²) in [6.45, 7) is 2.31. The van der Waals surface area contributed by atoms with Crippen molar-refractivity contribution in [1.29, 1.82) is 0 Å². The number of hydrogen-bond donors (Lipinski definition) is 0. The lowest BCUT2D eigenvalue weighted by Gasteiger charge is -2.36. The van der Waals surface area contributed by atoms with Crippen LogP contribution in [0, 0.1) is 0 Å². The Morgan fingerprint density at radius 2 is 1.83 bits per heavy atom. The second kappa shape index (κ2) is 6.81. The van der Waals surface area contributed by atoms with Crippen molar-refractivity contribution < 1.29 is 19.1 Å². The van der Waals surface area contributed by atoms with Crippen LogP contribution in [-0.2, 0) is 9.57 Å². The molecule has 23 heavy (non-hydrogen) atoms. The van der Waals surface area contributed by atoms with E-state index in [1.54, 1.807) is 19.2 Å². The Morgan fingerprint density at radius 1 is 1.13 bits per heavy atom. The molecular formula is C18H19NO4. The zero-order valence-electron chi connectivity index (χ0n) is 13.1. The third-order valence-electron chi connectivity index (χ3n) is 3.64. The zero-order valence-corrected chi connectivity index (χ0v) is 13.1. The summed E-state index contributed by atoms with van der Waals surface area (Å²) < 4.78 is 11.0. The lowest BCUT2D eigenvalue weighted by Crippen LogP contribution is -2.44. The molecule has 0 bridgehead atoms. The smallest absolute Gasteiger partial charge is 0.277 e. The first kappa shape index (κ1) is 15.5. The Kier molecular flexibility index (Phi) is 4.60. The Labute approximate surface area is 135 Å². The number of benzene rings is 2. The fourth-order valence-corrected chi connectivity index (χ4v) is 2.43. The van der Waals surface area contributed by atoms with Gasteiger partial charge in [0.2, 0.25) is 6.29 Å². The highest BCUT2D eigenvalue weighted by atomic mass is 16.8. The first-order valence-electron chi connectivity index (χ1n) is 7.50. The predicted octanol–water partition coefficient (Wildman–Crippen LogP) is 3.19. The van der Waals surface area contributed by atoms with Crippen molar-refractivity contribution >= 4 is 5.91 Å². The summed E-state index contributed by atoms with van der Waals surface area (Å²) in [6, 6.07) is 16.5. The highest BCUT2D eigenvalue weighted by Gasteiger charge is 2.31. The number of carbonyl (C=O) groups excluding carboxylic acids is 1. The number of rotatable bonds is 3. The van der Waals surface area contributed by atoms with E-state index in [0.717, 1.165) is 11.3 Å². The van der Waals surface area contributed by atoms with E-state index >= 15 is 0 Å². The minimum Gasteiger partial charge on any atom is -0.497 e. The van der Waals surface area contributed by atoms with Crippen molar-refractivity contribution in [1.82, 2.24) is 5.06 Å². The first-order valence-corrected chi connectivity index (χ1v) is 7.50. The van der Waals surface area contributed by atoms with Crippen LogP contribution in [0.1, 0.15) is 29.1 Å². The molecule has 0 radical (unpaired) electrons. The maximum Gasteiger partial charge on any atom is 0.277 e. The van der Waals surface area contributed by atoms with Gasteiger partial charge in [0, 0.05) is 11.1 Å². The van der Waals surface area contributed by atoms with Gasteiger partial charge in [0.05, 0.1) is 19.8 Å². The van der Waals surface area contributed by atoms with Crippen LogP contribution < -0.4 is 4.74 Å². The third-order valence-corrected chi connectivity index (χ3v) is 3.64. The van der Waals surface area contributed by atoms with Crippen molar-refractivity contribution in [2.24, 2.45) is 0 Å². The van der Waals surface area contributed by atoms with Crippen LogP contribution in [-0.4, -0.2) is 30.7 Å². The molecule has 1 fully saturated rings. The Hall–Kier alpha value is -2.37. The summed E-state index contributed by atoms with van der Waals surface area (Å²) in [5.74, 6) is 0.592. The minimum absolute atomic E-state index is 0.122. The van der Waals surface area contributed by atoms with Gasteiger partial charge in [-0.2, -0.15) is 0 Å². The van der Waals surface area contributed by atoms with Crippen LogP contribution in [0.2, 0.25) is 0 Å². The highest BCUT2D eigenvalue weighted by molar-refractivity contribution is 5.93. The average molecular weight is 313 g/mol. The molecule has 0 spiro atoms. The molecule has 0 N–H and O–H groups in total. The number of amides is 1. The third kappa shape index (κ3) is 3.52. The summed E-state index contributed by atoms with van der Waals surface area (Å²) in [5.41, 5.74) is 1.43. The number of methoxy groups -OCH3 is 1. The molecule has 1 aliphatic heterocycles. The molecule has 2 aromatic carbocycles. The molecule has 2 atom stereocenters. The molecule has 3 rings (SSSR count). The average Bonchev–Trinajstić information content (AvgIpc) is 2.61. The first-order chi connectivity index (χ1) is 11.2. The van der Waals surface area contributed by atoms with Gasteiger partial charge in [0.25, 0.3) is 5.91 Å². The topological polar surface area (TPSA) is 48.0 Å². The van der Waals surface area contributed by atoms with Crippen molar-refractivity contribution in [3.05, 3.63) is 65.7 Å². The number of hydrogen-bond acceptors (Lipinski definition) is 4. The fraction of sp³-hybridized carbons (Fsp3) is 0.278. The molecular weight excluding hydrogens is 294 g/mol. The van der Waals surface area contributed by atoms with E-state index in [1.807, 2.05) is 49.4 Å². The maximum atomic E-state index is 12.5. The molecule has 120 valence electrons. The number of nitrogens with zero attached hydrogens (tertiary/aromatic N) is 1. The van der Waals surface area contributed by atoms with Crippen LogP contribution in [0.15, 0.2) is 54.6 Å². The van der Waals surface area contributed by atoms with Crippen LogP contribution in [0.5, 0.6) is 5.75 Å². The largest absolute Gasteiger partial charge is 0.497 e. The molecule has 1 saturated heterocycles. The van der Waals surface area contributed by atoms with E-state index < -0.39 is 6.29 Å². The molecule has 0 aliphatic carbocycles. The number of carbonyl (C=O) groups is 1. The quantitative estimate of drug-likeness (QED) is 0.873. The van der Waals surface area contributed by atoms with E-state index in [9.17, 15) is 4.79 Å². The maximum absolute atomic E-state index is 12.5. The van der Waals surface area contributed by atoms with E-state index in [2.05, 4.69) is 0 Å². The zero-order chi connectivity index (χ0) is 16.2. The molecule has 5 nitrogen and oxygen atoms in total. The second-order valence-electron chi connectivity index (χ2n) is 5.39. The Balaban J connectivity index is 1.77. The van der Waals surface area contributed by atoms with E-state index in [-0.39, 0.29) is 12.0 Å². The van der Waals surface area contributed by atoms with Crippen molar-refractivity contribution in [3.8, 4) is 5.75 Å². The monoisotopic (exact) mass is 313 g/mol. The highest BCUT2D eigenvalue weighted by Crippen LogP contribution is 2.28. The molecule has 0 saturated carbocycles. The van der Waals surface area contributed by atoms with E-state index in [0.29, 0.717) is 12.1 Å². The van der Waals surface area contributed by atoms with Crippen molar-refractivity contribution in [3.63, 3.8) is 0 Å². The van der Waals surface area contributed by atoms with Gasteiger partial charge in [-0.15, -0.1) is 0 Å². The molecule has 5 heteroatoms. The summed E-state index contributed by atoms with van der Waals surface area (Å²) in [6.07, 6.45) is -0.735. The van der Waals surface area contributed by atoms with Crippen LogP contribution >= 0.6 is 0 Å². The lowest BCUT2D eigenvalue weighted by atomic mass is 10.2. The molecule has 1 aliphatic rings. The second-order valence-corrected chi connectivity index (χ2v) is 5.39. The number of hydroxylamine groups is 2. The molecule has 1 amide bonds. The lowest BCUT2D eigenvalue weighted by molar-refractivity contribution is -0.320. The van der Waals surface area contributed by atoms with Gasteiger partial charge in [-0.3, -0.25) is 4.79 Å². The molecule has 1 heterocycles. The molecule has 0 aromatic heterocycles. The van der Waals surface area contributed by atoms with Gasteiger partial charge in [-0.25, -0.2) is 9.90 Å². The van der Waals surface area contributed by atoms with Crippen molar-refractivity contribution in [2.75, 3.05) is 13.7 Å². The minimum atomic E-state index is -0.614. The SMILES string of the molecule is COc1ccc([C@H]2O[C@@H](C)CN(C(=O)c3ccccc3)O2)cc1. The summed E-state index contributed by atoms with van der Waals surface area (Å²) in [4.78, 5) is 18.3. The summed E-state index contributed by atoms with van der Waals surface area (Å²) in [5, 5.41) is 1.37. The summed E-state index contributed by atoms with van der Waals surface area (Å²) in [7, 11) is 1.62. The van der Waals surface area contributed by atoms with Gasteiger partial charge in [-0.1, -0.05) is 30.3 Å². The number of ether oxygens (including phenoxy) is 2. The van der Waals surface area contributed by atoms with E-state index in [4.69, 9.17) is 14.3 Å². The standard InChI is InChI=1S/C18H19NO4/c1-13-12-19(17(20)14-6-4-3-5-7-14)23-18(22-13)15-8-10-16(21-2)11-9-15/h3-11,13,18H,12H2,1-2H3/t13-,18-/m0/s1. The van der Waals surface area contributed by atoms with Gasteiger partial charge in [-0.05, 0) is 31.2 Å². The van der Waals surface area contributed by atoms with Crippen LogP contribution in [0.4, 0.5) is 0 Å². The predicted molar refractivity (Wildman–Crippen MR) is 84.8 cm³/mol. The molecule has 2 aromatic rings. The van der Waals surface area contributed by atoms with Gasteiger partial charge >= 0.3 is 0 Å². The fourth-order valence-electron chi connectivity index (χ4n) is 2.43. The molecule has 0 unspecified atom stereocenters.